The Morgan fingerprint density at radius 1 is 1.70 bits per heavy atom. The first-order chi connectivity index (χ1) is 4.68. The number of ether oxygens (including phenoxy) is 1. The quantitative estimate of drug-likeness (QED) is 0.461. The van der Waals surface area contributed by atoms with Crippen LogP contribution in [0.4, 0.5) is 0 Å². The number of hydrogen-bond acceptors (Lipinski definition) is 3. The molecule has 0 heterocycles. The van der Waals surface area contributed by atoms with Gasteiger partial charge >= 0.3 is 5.97 Å². The highest BCUT2D eigenvalue weighted by molar-refractivity contribution is 5.73. The summed E-state index contributed by atoms with van der Waals surface area (Å²) in [6, 6.07) is 0. The van der Waals surface area contributed by atoms with Gasteiger partial charge in [-0.05, 0) is 13.8 Å². The maximum absolute atomic E-state index is 10.3. The lowest BCUT2D eigenvalue weighted by Crippen LogP contribution is -2.18. The molecule has 1 N–H and O–H groups in total. The van der Waals surface area contributed by atoms with Crippen molar-refractivity contribution in [2.45, 2.75) is 20.0 Å². The summed E-state index contributed by atoms with van der Waals surface area (Å²) in [5.41, 5.74) is 0. The Kier molecular flexibility index (Phi) is 9.73. The summed E-state index contributed by atoms with van der Waals surface area (Å²) < 4.78 is 4.41. The molecule has 3 nitrogen and oxygen atoms in total. The maximum atomic E-state index is 10.3. The van der Waals surface area contributed by atoms with Gasteiger partial charge in [-0.1, -0.05) is 0 Å². The Balaban J connectivity index is 0. The average molecular weight is 146 g/mol. The molecule has 1 atom stereocenters. The molecule has 3 heteroatoms. The van der Waals surface area contributed by atoms with Crippen LogP contribution in [0.15, 0.2) is 13.2 Å². The molecular formula is C7H14O3. The average Bonchev–Trinajstić information content (AvgIpc) is 1.93. The molecule has 0 spiro atoms. The van der Waals surface area contributed by atoms with Crippen molar-refractivity contribution in [3.63, 3.8) is 0 Å². The summed E-state index contributed by atoms with van der Waals surface area (Å²) in [7, 11) is 0. The lowest BCUT2D eigenvalue weighted by Gasteiger charge is -2.01. The highest BCUT2D eigenvalue weighted by Crippen LogP contribution is 1.84. The number of carbonyl (C=O) groups excluding carboxylic acids is 1. The number of rotatable bonds is 2. The summed E-state index contributed by atoms with van der Waals surface area (Å²) >= 11 is 0. The summed E-state index contributed by atoms with van der Waals surface area (Å²) in [6.45, 7) is 9.39. The number of aliphatic hydroxyl groups excluding tert-OH is 1. The topological polar surface area (TPSA) is 46.5 Å². The van der Waals surface area contributed by atoms with Gasteiger partial charge in [0, 0.05) is 0 Å². The molecule has 0 saturated heterocycles. The van der Waals surface area contributed by atoms with Crippen LogP contribution in [0.2, 0.25) is 0 Å². The number of carbonyl (C=O) groups is 1. The fourth-order valence-corrected chi connectivity index (χ4v) is 0.263. The van der Waals surface area contributed by atoms with Crippen molar-refractivity contribution < 1.29 is 14.6 Å². The van der Waals surface area contributed by atoms with E-state index in [0.717, 1.165) is 0 Å². The maximum Gasteiger partial charge on any atom is 0.334 e. The smallest absolute Gasteiger partial charge is 0.334 e. The van der Waals surface area contributed by atoms with Gasteiger partial charge < -0.3 is 9.84 Å². The van der Waals surface area contributed by atoms with E-state index in [1.54, 1.807) is 6.92 Å². The van der Waals surface area contributed by atoms with Gasteiger partial charge in [0.05, 0.1) is 6.61 Å². The fraction of sp³-hybridized carbons (Fsp3) is 0.571. The van der Waals surface area contributed by atoms with Gasteiger partial charge in [-0.3, -0.25) is 0 Å². The minimum atomic E-state index is -0.991. The van der Waals surface area contributed by atoms with Crippen LogP contribution in [0.1, 0.15) is 13.8 Å². The van der Waals surface area contributed by atoms with E-state index in [1.165, 1.54) is 6.92 Å². The zero-order chi connectivity index (χ0) is 8.57. The second-order valence-corrected chi connectivity index (χ2v) is 1.43. The lowest BCUT2D eigenvalue weighted by atomic mass is 10.4. The summed E-state index contributed by atoms with van der Waals surface area (Å²) in [5, 5.41) is 8.48. The van der Waals surface area contributed by atoms with Crippen molar-refractivity contribution in [1.82, 2.24) is 0 Å². The van der Waals surface area contributed by atoms with Crippen molar-refractivity contribution in [3.8, 4) is 0 Å². The van der Waals surface area contributed by atoms with Crippen LogP contribution in [0, 0.1) is 0 Å². The van der Waals surface area contributed by atoms with E-state index in [1.807, 2.05) is 0 Å². The molecule has 0 aromatic heterocycles. The highest BCUT2D eigenvalue weighted by atomic mass is 16.5. The van der Waals surface area contributed by atoms with Gasteiger partial charge in [0.2, 0.25) is 0 Å². The van der Waals surface area contributed by atoms with Gasteiger partial charge in [0.15, 0.2) is 0 Å². The Morgan fingerprint density at radius 3 is 2.20 bits per heavy atom. The monoisotopic (exact) mass is 146 g/mol. The summed E-state index contributed by atoms with van der Waals surface area (Å²) in [4.78, 5) is 10.3. The molecule has 60 valence electrons. The van der Waals surface area contributed by atoms with E-state index in [4.69, 9.17) is 5.11 Å². The Hall–Kier alpha value is -0.830. The summed E-state index contributed by atoms with van der Waals surface area (Å²) in [5.74, 6) is -0.562. The van der Waals surface area contributed by atoms with Crippen LogP contribution in [0.5, 0.6) is 0 Å². The van der Waals surface area contributed by atoms with Crippen molar-refractivity contribution in [2.24, 2.45) is 0 Å². The van der Waals surface area contributed by atoms with Gasteiger partial charge in [-0.25, -0.2) is 4.79 Å². The zero-order valence-corrected chi connectivity index (χ0v) is 6.46. The highest BCUT2D eigenvalue weighted by Gasteiger charge is 2.07. The molecular weight excluding hydrogens is 132 g/mol. The molecule has 0 rings (SSSR count). The van der Waals surface area contributed by atoms with Crippen LogP contribution in [-0.2, 0) is 9.53 Å². The third-order valence-electron chi connectivity index (χ3n) is 0.628. The molecule has 0 aliphatic rings. The second kappa shape index (κ2) is 8.17. The molecule has 0 saturated carbocycles. The van der Waals surface area contributed by atoms with E-state index in [9.17, 15) is 4.79 Å². The van der Waals surface area contributed by atoms with E-state index >= 15 is 0 Å². The zero-order valence-electron chi connectivity index (χ0n) is 6.46. The van der Waals surface area contributed by atoms with Crippen molar-refractivity contribution in [3.05, 3.63) is 13.2 Å². The van der Waals surface area contributed by atoms with E-state index < -0.39 is 12.1 Å². The van der Waals surface area contributed by atoms with Crippen LogP contribution in [0.25, 0.3) is 0 Å². The fourth-order valence-electron chi connectivity index (χ4n) is 0.263. The van der Waals surface area contributed by atoms with Crippen molar-refractivity contribution in [2.75, 3.05) is 6.61 Å². The summed E-state index contributed by atoms with van der Waals surface area (Å²) in [6.07, 6.45) is -0.991. The van der Waals surface area contributed by atoms with Crippen LogP contribution in [-0.4, -0.2) is 23.8 Å². The van der Waals surface area contributed by atoms with Crippen LogP contribution < -0.4 is 0 Å². The Morgan fingerprint density at radius 2 is 2.10 bits per heavy atom. The minimum Gasteiger partial charge on any atom is -0.464 e. The third-order valence-corrected chi connectivity index (χ3v) is 0.628. The van der Waals surface area contributed by atoms with E-state index in [0.29, 0.717) is 6.61 Å². The Bertz CT molecular complexity index is 88.9. The van der Waals surface area contributed by atoms with Gasteiger partial charge in [0.1, 0.15) is 6.10 Å². The minimum absolute atomic E-state index is 0.323. The number of hydrogen-bond donors (Lipinski definition) is 1. The predicted molar refractivity (Wildman–Crippen MR) is 39.6 cm³/mol. The molecule has 0 aliphatic heterocycles. The molecule has 10 heavy (non-hydrogen) atoms. The molecule has 0 aromatic rings. The molecule has 0 aliphatic carbocycles. The first-order valence-electron chi connectivity index (χ1n) is 3.03. The second-order valence-electron chi connectivity index (χ2n) is 1.43. The molecule has 0 radical (unpaired) electrons. The van der Waals surface area contributed by atoms with Gasteiger partial charge in [0.25, 0.3) is 0 Å². The van der Waals surface area contributed by atoms with Crippen LogP contribution in [0.3, 0.4) is 0 Å². The normalized spacial score (nSPS) is 10.7. The Labute approximate surface area is 61.3 Å². The SMILES string of the molecule is C=C.CCOC(=O)C(C)O. The van der Waals surface area contributed by atoms with E-state index in [2.05, 4.69) is 17.9 Å². The number of aliphatic hydroxyl groups is 1. The van der Waals surface area contributed by atoms with E-state index in [-0.39, 0.29) is 0 Å². The van der Waals surface area contributed by atoms with Crippen LogP contribution >= 0.6 is 0 Å². The van der Waals surface area contributed by atoms with Gasteiger partial charge in [-0.2, -0.15) is 0 Å². The first-order valence-corrected chi connectivity index (χ1v) is 3.03. The number of esters is 1. The first kappa shape index (κ1) is 11.9. The molecule has 0 aromatic carbocycles. The standard InChI is InChI=1S/C5H10O3.C2H4/c1-3-8-5(7)4(2)6;1-2/h4,6H,3H2,1-2H3;1-2H2. The van der Waals surface area contributed by atoms with Crippen molar-refractivity contribution in [1.29, 1.82) is 0 Å². The lowest BCUT2D eigenvalue weighted by molar-refractivity contribution is -0.151. The third kappa shape index (κ3) is 7.17. The molecule has 1 unspecified atom stereocenters. The molecule has 0 bridgehead atoms. The van der Waals surface area contributed by atoms with Gasteiger partial charge in [-0.15, -0.1) is 13.2 Å². The molecule has 0 fully saturated rings. The largest absolute Gasteiger partial charge is 0.464 e. The van der Waals surface area contributed by atoms with Crippen molar-refractivity contribution >= 4 is 5.97 Å². The molecule has 0 amide bonds. The predicted octanol–water partition coefficient (Wildman–Crippen LogP) is 0.732.